The van der Waals surface area contributed by atoms with Gasteiger partial charge in [0.05, 0.1) is 10.5 Å². The Bertz CT molecular complexity index is 481. The quantitative estimate of drug-likeness (QED) is 0.622. The van der Waals surface area contributed by atoms with Crippen LogP contribution >= 0.6 is 0 Å². The molecule has 0 aliphatic heterocycles. The third-order valence-electron chi connectivity index (χ3n) is 2.22. The van der Waals surface area contributed by atoms with Crippen LogP contribution in [0.5, 0.6) is 0 Å². The van der Waals surface area contributed by atoms with E-state index in [0.29, 0.717) is 0 Å². The Labute approximate surface area is 105 Å². The van der Waals surface area contributed by atoms with E-state index in [0.717, 1.165) is 6.54 Å². The molecule has 0 radical (unpaired) electrons. The summed E-state index contributed by atoms with van der Waals surface area (Å²) in [5.74, 6) is 0.188. The maximum Gasteiger partial charge on any atom is 0.312 e. The zero-order valence-corrected chi connectivity index (χ0v) is 10.5. The molecule has 0 bridgehead atoms. The summed E-state index contributed by atoms with van der Waals surface area (Å²) >= 11 is 0. The number of nitrogens with one attached hydrogen (secondary N) is 1. The molecule has 7 nitrogen and oxygen atoms in total. The van der Waals surface area contributed by atoms with Crippen LogP contribution in [0.3, 0.4) is 0 Å². The lowest BCUT2D eigenvalue weighted by molar-refractivity contribution is -0.384. The van der Waals surface area contributed by atoms with Crippen molar-refractivity contribution in [2.75, 3.05) is 26.0 Å². The minimum absolute atomic E-state index is 0.0131. The summed E-state index contributed by atoms with van der Waals surface area (Å²) in [6, 6.07) is 3.07. The van der Waals surface area contributed by atoms with Gasteiger partial charge in [0, 0.05) is 24.8 Å². The van der Waals surface area contributed by atoms with Gasteiger partial charge in [-0.15, -0.1) is 0 Å². The summed E-state index contributed by atoms with van der Waals surface area (Å²) in [6.45, 7) is 2.63. The molecule has 18 heavy (non-hydrogen) atoms. The van der Waals surface area contributed by atoms with E-state index in [1.165, 1.54) is 12.3 Å². The molecule has 0 spiro atoms. The van der Waals surface area contributed by atoms with E-state index >= 15 is 0 Å². The lowest BCUT2D eigenvalue weighted by Gasteiger charge is -2.18. The van der Waals surface area contributed by atoms with Gasteiger partial charge >= 0.3 is 5.69 Å². The topological polar surface area (TPSA) is 95.1 Å². The van der Waals surface area contributed by atoms with Gasteiger partial charge in [0.25, 0.3) is 0 Å². The summed E-state index contributed by atoms with van der Waals surface area (Å²) in [5, 5.41) is 22.6. The van der Waals surface area contributed by atoms with Gasteiger partial charge in [-0.3, -0.25) is 10.1 Å². The Balaban J connectivity index is 2.95. The molecule has 1 aromatic rings. The van der Waals surface area contributed by atoms with Crippen molar-refractivity contribution < 1.29 is 4.92 Å². The van der Waals surface area contributed by atoms with E-state index in [2.05, 4.69) is 10.3 Å². The van der Waals surface area contributed by atoms with Gasteiger partial charge in [0.15, 0.2) is 0 Å². The highest BCUT2D eigenvalue weighted by Crippen LogP contribution is 2.23. The molecule has 0 aromatic carbocycles. The van der Waals surface area contributed by atoms with Gasteiger partial charge in [-0.1, -0.05) is 0 Å². The highest BCUT2D eigenvalue weighted by atomic mass is 16.6. The highest BCUT2D eigenvalue weighted by molar-refractivity contribution is 5.58. The Morgan fingerprint density at radius 2 is 2.33 bits per heavy atom. The lowest BCUT2D eigenvalue weighted by atomic mass is 10.2. The molecule has 1 N–H and O–H groups in total. The predicted molar refractivity (Wildman–Crippen MR) is 67.2 cm³/mol. The van der Waals surface area contributed by atoms with Crippen molar-refractivity contribution in [3.05, 3.63) is 27.9 Å². The third-order valence-corrected chi connectivity index (χ3v) is 2.22. The molecule has 0 amide bonds. The van der Waals surface area contributed by atoms with Crippen LogP contribution in [0.4, 0.5) is 11.5 Å². The van der Waals surface area contributed by atoms with E-state index in [9.17, 15) is 10.1 Å². The fraction of sp³-hybridized carbons (Fsp3) is 0.455. The zero-order valence-electron chi connectivity index (χ0n) is 10.5. The van der Waals surface area contributed by atoms with Crippen molar-refractivity contribution >= 4 is 11.5 Å². The number of likely N-dealkylation sites (N-methyl/N-ethyl adjacent to an activating group) is 1. The minimum atomic E-state index is -0.543. The van der Waals surface area contributed by atoms with Crippen LogP contribution in [0.1, 0.15) is 12.5 Å². The van der Waals surface area contributed by atoms with Crippen LogP contribution in [0, 0.1) is 21.4 Å². The lowest BCUT2D eigenvalue weighted by Crippen LogP contribution is -2.30. The average molecular weight is 249 g/mol. The third kappa shape index (κ3) is 3.68. The number of aromatic nitrogens is 1. The van der Waals surface area contributed by atoms with Crippen LogP contribution in [0.25, 0.3) is 0 Å². The van der Waals surface area contributed by atoms with Crippen LogP contribution < -0.4 is 5.32 Å². The maximum atomic E-state index is 10.9. The first-order chi connectivity index (χ1) is 8.43. The van der Waals surface area contributed by atoms with Crippen LogP contribution in [-0.4, -0.2) is 41.5 Å². The standard InChI is InChI=1S/C11H15N5O2/c1-8(7-15(2)3)14-11-10(16(17)18)4-9(5-12)6-13-11/h4,6,8H,7H2,1-3H3,(H,13,14). The normalized spacial score (nSPS) is 11.9. The molecule has 1 unspecified atom stereocenters. The molecular weight excluding hydrogens is 234 g/mol. The van der Waals surface area contributed by atoms with E-state index in [-0.39, 0.29) is 23.1 Å². The fourth-order valence-electron chi connectivity index (χ4n) is 1.59. The molecule has 0 fully saturated rings. The van der Waals surface area contributed by atoms with Gasteiger partial charge in [0.2, 0.25) is 5.82 Å². The maximum absolute atomic E-state index is 10.9. The van der Waals surface area contributed by atoms with Crippen molar-refractivity contribution in [2.24, 2.45) is 0 Å². The van der Waals surface area contributed by atoms with Gasteiger partial charge in [-0.2, -0.15) is 5.26 Å². The smallest absolute Gasteiger partial charge is 0.312 e. The molecule has 96 valence electrons. The molecule has 1 heterocycles. The molecule has 0 aliphatic rings. The second kappa shape index (κ2) is 5.93. The molecule has 7 heteroatoms. The Morgan fingerprint density at radius 1 is 1.67 bits per heavy atom. The molecule has 0 saturated heterocycles. The summed E-state index contributed by atoms with van der Waals surface area (Å²) in [7, 11) is 3.83. The summed E-state index contributed by atoms with van der Waals surface area (Å²) in [6.07, 6.45) is 1.32. The number of pyridine rings is 1. The Hall–Kier alpha value is -2.20. The number of rotatable bonds is 5. The summed E-state index contributed by atoms with van der Waals surface area (Å²) in [5.41, 5.74) is -0.00725. The number of nitrogens with zero attached hydrogens (tertiary/aromatic N) is 4. The second-order valence-electron chi connectivity index (χ2n) is 4.27. The predicted octanol–water partition coefficient (Wildman–Crippen LogP) is 1.22. The van der Waals surface area contributed by atoms with Gasteiger partial charge in [-0.05, 0) is 21.0 Å². The van der Waals surface area contributed by atoms with Crippen molar-refractivity contribution in [2.45, 2.75) is 13.0 Å². The minimum Gasteiger partial charge on any atom is -0.361 e. The molecule has 1 aromatic heterocycles. The van der Waals surface area contributed by atoms with E-state index in [1.807, 2.05) is 32.0 Å². The number of nitriles is 1. The molecule has 1 atom stereocenters. The van der Waals surface area contributed by atoms with Gasteiger partial charge < -0.3 is 10.2 Å². The number of hydrogen-bond donors (Lipinski definition) is 1. The highest BCUT2D eigenvalue weighted by Gasteiger charge is 2.18. The molecule has 0 saturated carbocycles. The Kier molecular flexibility index (Phi) is 4.57. The average Bonchev–Trinajstić information content (AvgIpc) is 2.28. The van der Waals surface area contributed by atoms with Gasteiger partial charge in [0.1, 0.15) is 6.07 Å². The van der Waals surface area contributed by atoms with Crippen molar-refractivity contribution in [3.8, 4) is 6.07 Å². The van der Waals surface area contributed by atoms with Crippen LogP contribution in [0.15, 0.2) is 12.3 Å². The monoisotopic (exact) mass is 249 g/mol. The van der Waals surface area contributed by atoms with Crippen molar-refractivity contribution in [1.29, 1.82) is 5.26 Å². The van der Waals surface area contributed by atoms with E-state index in [4.69, 9.17) is 5.26 Å². The summed E-state index contributed by atoms with van der Waals surface area (Å²) in [4.78, 5) is 16.2. The number of anilines is 1. The largest absolute Gasteiger partial charge is 0.361 e. The van der Waals surface area contributed by atoms with Crippen LogP contribution in [-0.2, 0) is 0 Å². The Morgan fingerprint density at radius 3 is 2.83 bits per heavy atom. The first-order valence-corrected chi connectivity index (χ1v) is 5.40. The summed E-state index contributed by atoms with van der Waals surface area (Å²) < 4.78 is 0. The zero-order chi connectivity index (χ0) is 13.7. The van der Waals surface area contributed by atoms with E-state index < -0.39 is 4.92 Å². The number of nitro groups is 1. The first kappa shape index (κ1) is 13.9. The van der Waals surface area contributed by atoms with E-state index in [1.54, 1.807) is 0 Å². The fourth-order valence-corrected chi connectivity index (χ4v) is 1.59. The van der Waals surface area contributed by atoms with Crippen molar-refractivity contribution in [3.63, 3.8) is 0 Å². The molecule has 1 rings (SSSR count). The molecule has 0 aliphatic carbocycles. The SMILES string of the molecule is CC(CN(C)C)Nc1ncc(C#N)cc1[N+](=O)[O-]. The second-order valence-corrected chi connectivity index (χ2v) is 4.27. The first-order valence-electron chi connectivity index (χ1n) is 5.40. The van der Waals surface area contributed by atoms with Crippen LogP contribution in [0.2, 0.25) is 0 Å². The van der Waals surface area contributed by atoms with Gasteiger partial charge in [-0.25, -0.2) is 4.98 Å². The number of hydrogen-bond acceptors (Lipinski definition) is 6. The van der Waals surface area contributed by atoms with Crippen molar-refractivity contribution in [1.82, 2.24) is 9.88 Å². The molecular formula is C11H15N5O2.